The van der Waals surface area contributed by atoms with Crippen molar-refractivity contribution in [2.75, 3.05) is 13.7 Å². The number of carbonyl (C=O) groups is 1. The quantitative estimate of drug-likeness (QED) is 0.518. The summed E-state index contributed by atoms with van der Waals surface area (Å²) in [7, 11) is 1.33. The summed E-state index contributed by atoms with van der Waals surface area (Å²) in [4.78, 5) is 40.7. The first-order chi connectivity index (χ1) is 12.9. The van der Waals surface area contributed by atoms with Crippen LogP contribution in [-0.4, -0.2) is 29.2 Å². The first-order valence-corrected chi connectivity index (χ1v) is 9.28. The van der Waals surface area contributed by atoms with Gasteiger partial charge >= 0.3 is 11.7 Å². The first-order valence-electron chi connectivity index (χ1n) is 8.46. The van der Waals surface area contributed by atoms with E-state index >= 15 is 0 Å². The normalized spacial score (nSPS) is 10.9. The van der Waals surface area contributed by atoms with Gasteiger partial charge in [0.25, 0.3) is 5.56 Å². The smallest absolute Gasteiger partial charge is 0.337 e. The van der Waals surface area contributed by atoms with Gasteiger partial charge in [0.05, 0.1) is 24.7 Å². The van der Waals surface area contributed by atoms with E-state index in [-0.39, 0.29) is 12.1 Å². The second-order valence-electron chi connectivity index (χ2n) is 6.09. The molecule has 2 aromatic heterocycles. The monoisotopic (exact) mass is 388 g/mol. The lowest BCUT2D eigenvalue weighted by molar-refractivity contribution is 0.0600. The van der Waals surface area contributed by atoms with Gasteiger partial charge in [-0.05, 0) is 50.1 Å². The van der Waals surface area contributed by atoms with Crippen molar-refractivity contribution < 1.29 is 14.3 Å². The Labute approximate surface area is 159 Å². The Morgan fingerprint density at radius 3 is 2.56 bits per heavy atom. The highest BCUT2D eigenvalue weighted by Crippen LogP contribution is 2.24. The van der Waals surface area contributed by atoms with Gasteiger partial charge in [-0.25, -0.2) is 9.59 Å². The number of hydrogen-bond donors (Lipinski definition) is 1. The molecule has 1 N–H and O–H groups in total. The maximum absolute atomic E-state index is 12.6. The third-order valence-electron chi connectivity index (χ3n) is 4.38. The van der Waals surface area contributed by atoms with Crippen molar-refractivity contribution in [3.05, 3.63) is 61.1 Å². The van der Waals surface area contributed by atoms with Crippen LogP contribution in [0.5, 0.6) is 5.75 Å². The van der Waals surface area contributed by atoms with E-state index in [9.17, 15) is 14.4 Å². The molecule has 8 heteroatoms. The zero-order valence-corrected chi connectivity index (χ0v) is 16.1. The van der Waals surface area contributed by atoms with E-state index in [2.05, 4.69) is 9.72 Å². The van der Waals surface area contributed by atoms with Gasteiger partial charge in [-0.15, -0.1) is 11.3 Å². The number of nitrogens with zero attached hydrogens (tertiary/aromatic N) is 1. The van der Waals surface area contributed by atoms with Crippen LogP contribution in [0.2, 0.25) is 0 Å². The third-order valence-corrected chi connectivity index (χ3v) is 5.50. The number of aryl methyl sites for hydroxylation is 2. The van der Waals surface area contributed by atoms with Crippen LogP contribution in [0.15, 0.2) is 33.9 Å². The molecular weight excluding hydrogens is 368 g/mol. The summed E-state index contributed by atoms with van der Waals surface area (Å²) in [5.74, 6) is 0.193. The van der Waals surface area contributed by atoms with E-state index < -0.39 is 11.7 Å². The molecule has 1 aromatic carbocycles. The van der Waals surface area contributed by atoms with Crippen molar-refractivity contribution in [3.63, 3.8) is 0 Å². The van der Waals surface area contributed by atoms with Gasteiger partial charge in [0.1, 0.15) is 10.6 Å². The van der Waals surface area contributed by atoms with E-state index in [1.807, 2.05) is 13.8 Å². The number of thiophene rings is 1. The maximum atomic E-state index is 12.6. The number of hydrogen-bond acceptors (Lipinski definition) is 6. The zero-order chi connectivity index (χ0) is 19.6. The SMILES string of the molecule is COC(=O)c1ccc(OCCCn2c(=O)[nH]c3sc(C)c(C)c3c2=O)cc1. The molecule has 0 aliphatic rings. The van der Waals surface area contributed by atoms with E-state index in [1.54, 1.807) is 24.3 Å². The Hall–Kier alpha value is -2.87. The van der Waals surface area contributed by atoms with Crippen molar-refractivity contribution in [1.29, 1.82) is 0 Å². The van der Waals surface area contributed by atoms with Crippen LogP contribution in [0.1, 0.15) is 27.2 Å². The lowest BCUT2D eigenvalue weighted by Gasteiger charge is -2.08. The zero-order valence-electron chi connectivity index (χ0n) is 15.3. The average molecular weight is 388 g/mol. The highest BCUT2D eigenvalue weighted by Gasteiger charge is 2.13. The second-order valence-corrected chi connectivity index (χ2v) is 7.32. The number of benzene rings is 1. The Balaban J connectivity index is 1.66. The van der Waals surface area contributed by atoms with Crippen LogP contribution in [-0.2, 0) is 11.3 Å². The minimum Gasteiger partial charge on any atom is -0.494 e. The molecule has 0 radical (unpaired) electrons. The minimum atomic E-state index is -0.408. The predicted molar refractivity (Wildman–Crippen MR) is 104 cm³/mol. The van der Waals surface area contributed by atoms with Crippen molar-refractivity contribution in [1.82, 2.24) is 9.55 Å². The molecule has 0 fully saturated rings. The molecule has 142 valence electrons. The number of aromatic amines is 1. The molecule has 0 saturated heterocycles. The fourth-order valence-electron chi connectivity index (χ4n) is 2.79. The number of H-pyrrole nitrogens is 1. The first kappa shape index (κ1) is 18.9. The Bertz CT molecular complexity index is 1090. The number of esters is 1. The van der Waals surface area contributed by atoms with E-state index in [0.29, 0.717) is 34.6 Å². The third kappa shape index (κ3) is 3.80. The summed E-state index contributed by atoms with van der Waals surface area (Å²) in [6, 6.07) is 6.58. The lowest BCUT2D eigenvalue weighted by Crippen LogP contribution is -2.35. The Morgan fingerprint density at radius 1 is 1.19 bits per heavy atom. The molecular formula is C19H20N2O5S. The standard InChI is InChI=1S/C19H20N2O5S/c1-11-12(2)27-16-15(11)17(22)21(19(24)20-16)9-4-10-26-14-7-5-13(6-8-14)18(23)25-3/h5-8H,4,9-10H2,1-3H3,(H,20,24). The van der Waals surface area contributed by atoms with Gasteiger partial charge in [-0.1, -0.05) is 0 Å². The van der Waals surface area contributed by atoms with Gasteiger partial charge < -0.3 is 9.47 Å². The molecule has 0 bridgehead atoms. The van der Waals surface area contributed by atoms with E-state index in [4.69, 9.17) is 4.74 Å². The summed E-state index contributed by atoms with van der Waals surface area (Å²) >= 11 is 1.42. The molecule has 0 amide bonds. The second kappa shape index (κ2) is 7.79. The molecule has 0 unspecified atom stereocenters. The van der Waals surface area contributed by atoms with Gasteiger partial charge in [-0.2, -0.15) is 0 Å². The van der Waals surface area contributed by atoms with Crippen LogP contribution in [0, 0.1) is 13.8 Å². The summed E-state index contributed by atoms with van der Waals surface area (Å²) < 4.78 is 11.5. The van der Waals surface area contributed by atoms with Gasteiger partial charge in [0.15, 0.2) is 0 Å². The van der Waals surface area contributed by atoms with Gasteiger partial charge in [0.2, 0.25) is 0 Å². The van der Waals surface area contributed by atoms with Gasteiger partial charge in [0, 0.05) is 11.4 Å². The summed E-state index contributed by atoms with van der Waals surface area (Å²) in [6.07, 6.45) is 0.495. The van der Waals surface area contributed by atoms with E-state index in [1.165, 1.54) is 23.0 Å². The topological polar surface area (TPSA) is 90.4 Å². The van der Waals surface area contributed by atoms with Crippen LogP contribution in [0.3, 0.4) is 0 Å². The molecule has 3 rings (SSSR count). The average Bonchev–Trinajstić information content (AvgIpc) is 2.94. The summed E-state index contributed by atoms with van der Waals surface area (Å²) in [5.41, 5.74) is 0.679. The fourth-order valence-corrected chi connectivity index (χ4v) is 3.83. The molecule has 7 nitrogen and oxygen atoms in total. The number of aromatic nitrogens is 2. The molecule has 0 saturated carbocycles. The highest BCUT2D eigenvalue weighted by molar-refractivity contribution is 7.18. The van der Waals surface area contributed by atoms with Crippen molar-refractivity contribution in [2.24, 2.45) is 0 Å². The molecule has 0 aliphatic heterocycles. The lowest BCUT2D eigenvalue weighted by atomic mass is 10.2. The van der Waals surface area contributed by atoms with Crippen LogP contribution in [0.25, 0.3) is 10.2 Å². The van der Waals surface area contributed by atoms with Crippen LogP contribution in [0.4, 0.5) is 0 Å². The molecule has 27 heavy (non-hydrogen) atoms. The molecule has 2 heterocycles. The summed E-state index contributed by atoms with van der Waals surface area (Å²) in [5, 5.41) is 0.580. The highest BCUT2D eigenvalue weighted by atomic mass is 32.1. The predicted octanol–water partition coefficient (Wildman–Crippen LogP) is 2.62. The molecule has 3 aromatic rings. The van der Waals surface area contributed by atoms with Gasteiger partial charge in [-0.3, -0.25) is 14.3 Å². The summed E-state index contributed by atoms with van der Waals surface area (Å²) in [6.45, 7) is 4.42. The number of carbonyl (C=O) groups excluding carboxylic acids is 1. The molecule has 0 spiro atoms. The number of ether oxygens (including phenoxy) is 2. The largest absolute Gasteiger partial charge is 0.494 e. The number of methoxy groups -OCH3 is 1. The van der Waals surface area contributed by atoms with E-state index in [0.717, 1.165) is 10.4 Å². The van der Waals surface area contributed by atoms with Crippen LogP contribution >= 0.6 is 11.3 Å². The fraction of sp³-hybridized carbons (Fsp3) is 0.316. The number of rotatable bonds is 6. The minimum absolute atomic E-state index is 0.263. The van der Waals surface area contributed by atoms with Crippen molar-refractivity contribution in [3.8, 4) is 5.75 Å². The van der Waals surface area contributed by atoms with Crippen molar-refractivity contribution in [2.45, 2.75) is 26.8 Å². The number of fused-ring (bicyclic) bond motifs is 1. The van der Waals surface area contributed by atoms with Crippen LogP contribution < -0.4 is 16.0 Å². The molecule has 0 aliphatic carbocycles. The molecule has 0 atom stereocenters. The Morgan fingerprint density at radius 2 is 1.89 bits per heavy atom. The van der Waals surface area contributed by atoms with Crippen molar-refractivity contribution >= 4 is 27.5 Å². The Kier molecular flexibility index (Phi) is 5.46. The maximum Gasteiger partial charge on any atom is 0.337 e. The number of nitrogens with one attached hydrogen (secondary N) is 1.